The topological polar surface area (TPSA) is 66.9 Å². The molecule has 1 amide bonds. The first-order valence-electron chi connectivity index (χ1n) is 3.38. The quantitative estimate of drug-likeness (QED) is 0.632. The summed E-state index contributed by atoms with van der Waals surface area (Å²) in [5, 5.41) is 4.39. The van der Waals surface area contributed by atoms with Crippen LogP contribution in [0.25, 0.3) is 11.0 Å². The van der Waals surface area contributed by atoms with Crippen molar-refractivity contribution in [2.45, 2.75) is 0 Å². The van der Waals surface area contributed by atoms with Crippen LogP contribution in [0.4, 0.5) is 0 Å². The molecule has 0 saturated carbocycles. The molecule has 0 fully saturated rings. The van der Waals surface area contributed by atoms with E-state index < -0.39 is 5.91 Å². The number of rotatable bonds is 1. The van der Waals surface area contributed by atoms with Gasteiger partial charge >= 0.3 is 0 Å². The lowest BCUT2D eigenvalue weighted by atomic mass is 10.2. The van der Waals surface area contributed by atoms with Gasteiger partial charge in [-0.25, -0.2) is 0 Å². The van der Waals surface area contributed by atoms with Crippen LogP contribution in [0, 0.1) is 0 Å². The fourth-order valence-corrected chi connectivity index (χ4v) is 1.00. The van der Waals surface area contributed by atoms with E-state index in [-0.39, 0.29) is 0 Å². The zero-order chi connectivity index (χ0) is 8.55. The molecule has 12 heavy (non-hydrogen) atoms. The van der Waals surface area contributed by atoms with Crippen LogP contribution >= 0.6 is 0 Å². The molecule has 0 spiro atoms. The Bertz CT molecular complexity index is 433. The molecule has 4 nitrogen and oxygen atoms in total. The van der Waals surface area contributed by atoms with Crippen molar-refractivity contribution in [1.29, 1.82) is 0 Å². The van der Waals surface area contributed by atoms with Crippen LogP contribution < -0.4 is 5.73 Å². The van der Waals surface area contributed by atoms with E-state index in [9.17, 15) is 4.79 Å². The van der Waals surface area contributed by atoms with E-state index in [0.717, 1.165) is 5.39 Å². The summed E-state index contributed by atoms with van der Waals surface area (Å²) >= 11 is 0. The fraction of sp³-hybridized carbons (Fsp3) is 0. The smallest absolute Gasteiger partial charge is 0.269 e. The van der Waals surface area contributed by atoms with Crippen molar-refractivity contribution in [3.05, 3.63) is 30.0 Å². The largest absolute Gasteiger partial charge is 0.356 e. The summed E-state index contributed by atoms with van der Waals surface area (Å²) in [5.74, 6) is -0.715. The van der Waals surface area contributed by atoms with Crippen molar-refractivity contribution in [3.63, 3.8) is 0 Å². The summed E-state index contributed by atoms with van der Waals surface area (Å²) in [4.78, 5) is 10.6. The number of aromatic nitrogens is 1. The van der Waals surface area contributed by atoms with Crippen molar-refractivity contribution >= 4 is 16.9 Å². The van der Waals surface area contributed by atoms with Crippen molar-refractivity contribution < 1.29 is 9.32 Å². The predicted molar refractivity (Wildman–Crippen MR) is 41.4 cm³/mol. The highest BCUT2D eigenvalue weighted by molar-refractivity contribution is 5.95. The lowest BCUT2D eigenvalue weighted by Gasteiger charge is -1.91. The van der Waals surface area contributed by atoms with E-state index >= 15 is 0 Å². The van der Waals surface area contributed by atoms with E-state index in [1.165, 1.54) is 6.07 Å². The van der Waals surface area contributed by atoms with Gasteiger partial charge in [0.25, 0.3) is 5.91 Å². The van der Waals surface area contributed by atoms with Gasteiger partial charge in [-0.3, -0.25) is 10.5 Å². The van der Waals surface area contributed by atoms with Crippen LogP contribution in [0.3, 0.4) is 0 Å². The number of benzene rings is 1. The van der Waals surface area contributed by atoms with Gasteiger partial charge in [0.05, 0.1) is 6.20 Å². The molecule has 1 radical (unpaired) electrons. The number of fused-ring (bicyclic) bond motifs is 1. The maximum absolute atomic E-state index is 10.6. The lowest BCUT2D eigenvalue weighted by molar-refractivity contribution is 0.0992. The number of carbonyl (C=O) groups is 1. The van der Waals surface area contributed by atoms with Crippen LogP contribution in [0.15, 0.2) is 28.9 Å². The van der Waals surface area contributed by atoms with Gasteiger partial charge in [-0.2, -0.15) is 0 Å². The Balaban J connectivity index is 2.68. The lowest BCUT2D eigenvalue weighted by Crippen LogP contribution is -1.97. The number of hydrogen-bond donors (Lipinski definition) is 0. The van der Waals surface area contributed by atoms with Crippen LogP contribution in [-0.4, -0.2) is 11.1 Å². The predicted octanol–water partition coefficient (Wildman–Crippen LogP) is 1.25. The van der Waals surface area contributed by atoms with Crippen LogP contribution in [-0.2, 0) is 0 Å². The van der Waals surface area contributed by atoms with Gasteiger partial charge in [0.15, 0.2) is 5.58 Å². The van der Waals surface area contributed by atoms with Crippen LogP contribution in [0.2, 0.25) is 0 Å². The van der Waals surface area contributed by atoms with Gasteiger partial charge in [0.2, 0.25) is 0 Å². The minimum absolute atomic E-state index is 0.319. The number of amides is 1. The van der Waals surface area contributed by atoms with Crippen LogP contribution in [0.5, 0.6) is 0 Å². The summed E-state index contributed by atoms with van der Waals surface area (Å²) in [6, 6.07) is 4.79. The molecule has 0 aliphatic rings. The van der Waals surface area contributed by atoms with E-state index in [0.29, 0.717) is 11.1 Å². The first-order chi connectivity index (χ1) is 5.77. The Morgan fingerprint density at radius 2 is 2.33 bits per heavy atom. The Kier molecular flexibility index (Phi) is 1.33. The Morgan fingerprint density at radius 3 is 3.08 bits per heavy atom. The average molecular weight is 161 g/mol. The third-order valence-corrected chi connectivity index (χ3v) is 1.62. The molecule has 0 atom stereocenters. The van der Waals surface area contributed by atoms with E-state index in [1.807, 2.05) is 0 Å². The number of nitrogens with one attached hydrogen (secondary N) is 1. The fourth-order valence-electron chi connectivity index (χ4n) is 1.00. The Labute approximate surface area is 67.9 Å². The molecule has 1 heterocycles. The third kappa shape index (κ3) is 0.934. The van der Waals surface area contributed by atoms with Crippen molar-refractivity contribution in [3.8, 4) is 0 Å². The molecular formula is C8H5N2O2. The first-order valence-corrected chi connectivity index (χ1v) is 3.38. The molecule has 4 heteroatoms. The molecule has 0 aliphatic heterocycles. The van der Waals surface area contributed by atoms with Crippen LogP contribution in [0.1, 0.15) is 10.4 Å². The summed E-state index contributed by atoms with van der Waals surface area (Å²) in [5.41, 5.74) is 7.70. The van der Waals surface area contributed by atoms with Gasteiger partial charge in [-0.15, -0.1) is 0 Å². The van der Waals surface area contributed by atoms with Gasteiger partial charge in [-0.1, -0.05) is 5.16 Å². The maximum Gasteiger partial charge on any atom is 0.269 e. The summed E-state index contributed by atoms with van der Waals surface area (Å²) < 4.78 is 4.82. The van der Waals surface area contributed by atoms with Crippen molar-refractivity contribution in [1.82, 2.24) is 10.9 Å². The van der Waals surface area contributed by atoms with E-state index in [4.69, 9.17) is 10.3 Å². The summed E-state index contributed by atoms with van der Waals surface area (Å²) in [6.45, 7) is 0. The van der Waals surface area contributed by atoms with E-state index in [2.05, 4.69) is 5.16 Å². The normalized spacial score (nSPS) is 10.3. The second-order valence-electron chi connectivity index (χ2n) is 2.41. The molecule has 1 N–H and O–H groups in total. The number of hydrogen-bond acceptors (Lipinski definition) is 3. The molecule has 59 valence electrons. The highest BCUT2D eigenvalue weighted by atomic mass is 16.5. The molecule has 0 bridgehead atoms. The molecule has 2 rings (SSSR count). The monoisotopic (exact) mass is 161 g/mol. The minimum atomic E-state index is -0.715. The molecule has 0 aliphatic carbocycles. The summed E-state index contributed by atoms with van der Waals surface area (Å²) in [7, 11) is 0. The zero-order valence-corrected chi connectivity index (χ0v) is 6.07. The van der Waals surface area contributed by atoms with Gasteiger partial charge in [-0.05, 0) is 18.2 Å². The minimum Gasteiger partial charge on any atom is -0.356 e. The zero-order valence-electron chi connectivity index (χ0n) is 6.07. The highest BCUT2D eigenvalue weighted by Crippen LogP contribution is 2.14. The summed E-state index contributed by atoms with van der Waals surface area (Å²) in [6.07, 6.45) is 1.56. The number of nitrogens with zero attached hydrogens (tertiary/aromatic N) is 1. The Morgan fingerprint density at radius 1 is 1.50 bits per heavy atom. The SMILES string of the molecule is [NH]C(=O)c1ccc2cnoc2c1. The molecule has 0 unspecified atom stereocenters. The van der Waals surface area contributed by atoms with Gasteiger partial charge in [0.1, 0.15) is 0 Å². The molecule has 1 aromatic heterocycles. The second kappa shape index (κ2) is 2.34. The molecule has 2 aromatic rings. The molecule has 0 saturated heterocycles. The van der Waals surface area contributed by atoms with Crippen molar-refractivity contribution in [2.75, 3.05) is 0 Å². The molecule has 1 aromatic carbocycles. The Hall–Kier alpha value is -1.84. The standard InChI is InChI=1S/C8H5N2O2/c9-8(11)5-1-2-6-4-10-12-7(6)3-5/h1-4,9H. The number of carbonyl (C=O) groups excluding carboxylic acids is 1. The van der Waals surface area contributed by atoms with Crippen molar-refractivity contribution in [2.24, 2.45) is 0 Å². The average Bonchev–Trinajstić information content (AvgIpc) is 2.49. The van der Waals surface area contributed by atoms with E-state index in [1.54, 1.807) is 18.3 Å². The maximum atomic E-state index is 10.6. The second-order valence-corrected chi connectivity index (χ2v) is 2.41. The first kappa shape index (κ1) is 6.84. The van der Waals surface area contributed by atoms with Gasteiger partial charge < -0.3 is 4.52 Å². The third-order valence-electron chi connectivity index (χ3n) is 1.62. The van der Waals surface area contributed by atoms with Gasteiger partial charge in [0, 0.05) is 10.9 Å². The molecular weight excluding hydrogens is 156 g/mol. The highest BCUT2D eigenvalue weighted by Gasteiger charge is 2.04.